The molecule has 4 saturated carbocycles. The fourth-order valence-electron chi connectivity index (χ4n) is 5.80. The van der Waals surface area contributed by atoms with Gasteiger partial charge in [0.1, 0.15) is 11.5 Å². The Labute approximate surface area is 158 Å². The van der Waals surface area contributed by atoms with Gasteiger partial charge in [0.05, 0.1) is 6.54 Å². The molecule has 0 atom stereocenters. The molecule has 2 nitrogen and oxygen atoms in total. The van der Waals surface area contributed by atoms with Crippen LogP contribution in [0.2, 0.25) is 10.0 Å². The van der Waals surface area contributed by atoms with Crippen LogP contribution in [0.15, 0.2) is 34.7 Å². The molecule has 1 aromatic heterocycles. The molecule has 6 rings (SSSR count). The highest BCUT2D eigenvalue weighted by Crippen LogP contribution is 2.53. The van der Waals surface area contributed by atoms with Crippen LogP contribution in [0.4, 0.5) is 0 Å². The quantitative estimate of drug-likeness (QED) is 0.691. The van der Waals surface area contributed by atoms with Crippen LogP contribution in [-0.2, 0) is 6.54 Å². The minimum Gasteiger partial charge on any atom is -0.460 e. The van der Waals surface area contributed by atoms with Crippen LogP contribution in [0.5, 0.6) is 0 Å². The third-order valence-corrected chi connectivity index (χ3v) is 6.98. The minimum absolute atomic E-state index is 0.632. The van der Waals surface area contributed by atoms with E-state index in [1.165, 1.54) is 32.1 Å². The van der Waals surface area contributed by atoms with Gasteiger partial charge in [0.2, 0.25) is 0 Å². The van der Waals surface area contributed by atoms with E-state index in [1.807, 2.05) is 18.2 Å². The van der Waals surface area contributed by atoms with Crippen molar-refractivity contribution < 1.29 is 4.42 Å². The van der Waals surface area contributed by atoms with E-state index in [9.17, 15) is 0 Å². The second-order valence-corrected chi connectivity index (χ2v) is 9.13. The van der Waals surface area contributed by atoms with Gasteiger partial charge in [0, 0.05) is 21.7 Å². The molecular weight excluding hydrogens is 353 g/mol. The topological polar surface area (TPSA) is 25.2 Å². The van der Waals surface area contributed by atoms with Crippen LogP contribution in [0.25, 0.3) is 11.3 Å². The summed E-state index contributed by atoms with van der Waals surface area (Å²) in [4.78, 5) is 0. The minimum atomic E-state index is 0.632. The van der Waals surface area contributed by atoms with Crippen molar-refractivity contribution in [3.05, 3.63) is 46.1 Å². The zero-order valence-corrected chi connectivity index (χ0v) is 15.7. The average Bonchev–Trinajstić information content (AvgIpc) is 3.01. The van der Waals surface area contributed by atoms with Crippen molar-refractivity contribution in [1.82, 2.24) is 5.32 Å². The van der Waals surface area contributed by atoms with Gasteiger partial charge in [0.15, 0.2) is 0 Å². The van der Waals surface area contributed by atoms with Crippen molar-refractivity contribution in [1.29, 1.82) is 0 Å². The third-order valence-electron chi connectivity index (χ3n) is 6.55. The molecule has 25 heavy (non-hydrogen) atoms. The summed E-state index contributed by atoms with van der Waals surface area (Å²) in [6, 6.07) is 10.3. The van der Waals surface area contributed by atoms with E-state index >= 15 is 0 Å². The van der Waals surface area contributed by atoms with Crippen molar-refractivity contribution >= 4 is 23.2 Å². The first-order valence-electron chi connectivity index (χ1n) is 9.42. The molecule has 0 unspecified atom stereocenters. The molecule has 0 amide bonds. The number of hydrogen-bond donors (Lipinski definition) is 1. The first-order valence-corrected chi connectivity index (χ1v) is 10.2. The number of hydrogen-bond acceptors (Lipinski definition) is 2. The summed E-state index contributed by atoms with van der Waals surface area (Å²) in [5.41, 5.74) is 0.929. The summed E-state index contributed by atoms with van der Waals surface area (Å²) < 4.78 is 6.04. The maximum atomic E-state index is 6.10. The molecule has 4 heteroatoms. The Morgan fingerprint density at radius 3 is 2.16 bits per heavy atom. The molecule has 0 radical (unpaired) electrons. The Balaban J connectivity index is 1.27. The highest BCUT2D eigenvalue weighted by molar-refractivity contribution is 6.35. The van der Waals surface area contributed by atoms with Crippen LogP contribution >= 0.6 is 23.2 Å². The standard InChI is InChI=1S/C21H23Cl2NO/c22-17-8-14(9-18(23)10-17)20-2-1-19(25-20)11-24-21-15-4-12-3-13(6-15)7-16(21)5-12/h1-2,8-10,12-13,15-16,21,24H,3-7,11H2. The molecule has 1 heterocycles. The van der Waals surface area contributed by atoms with E-state index in [2.05, 4.69) is 11.4 Å². The molecule has 4 bridgehead atoms. The summed E-state index contributed by atoms with van der Waals surface area (Å²) in [7, 11) is 0. The fraction of sp³-hybridized carbons (Fsp3) is 0.524. The van der Waals surface area contributed by atoms with Crippen molar-refractivity contribution in [2.75, 3.05) is 0 Å². The van der Waals surface area contributed by atoms with Gasteiger partial charge >= 0.3 is 0 Å². The van der Waals surface area contributed by atoms with Gasteiger partial charge in [-0.1, -0.05) is 23.2 Å². The first-order chi connectivity index (χ1) is 12.1. The van der Waals surface area contributed by atoms with Gasteiger partial charge in [-0.3, -0.25) is 0 Å². The van der Waals surface area contributed by atoms with Gasteiger partial charge in [-0.15, -0.1) is 0 Å². The molecule has 0 spiro atoms. The van der Waals surface area contributed by atoms with Gasteiger partial charge < -0.3 is 9.73 Å². The summed E-state index contributed by atoms with van der Waals surface area (Å²) in [5, 5.41) is 5.09. The SMILES string of the molecule is Clc1cc(Cl)cc(-c2ccc(CNC3C4CC5CC(C4)CC3C5)o2)c1. The van der Waals surface area contributed by atoms with Crippen LogP contribution in [0.1, 0.15) is 37.9 Å². The van der Waals surface area contributed by atoms with E-state index in [4.69, 9.17) is 27.6 Å². The molecule has 0 saturated heterocycles. The molecule has 1 N–H and O–H groups in total. The molecule has 0 aliphatic heterocycles. The highest BCUT2D eigenvalue weighted by atomic mass is 35.5. The van der Waals surface area contributed by atoms with Crippen molar-refractivity contribution in [2.45, 2.75) is 44.7 Å². The van der Waals surface area contributed by atoms with E-state index in [-0.39, 0.29) is 0 Å². The largest absolute Gasteiger partial charge is 0.460 e. The van der Waals surface area contributed by atoms with Crippen LogP contribution < -0.4 is 5.32 Å². The molecule has 132 valence electrons. The Morgan fingerprint density at radius 1 is 0.880 bits per heavy atom. The second-order valence-electron chi connectivity index (χ2n) is 8.26. The smallest absolute Gasteiger partial charge is 0.134 e. The highest BCUT2D eigenvalue weighted by Gasteiger charge is 2.47. The summed E-state index contributed by atoms with van der Waals surface area (Å²) in [6.45, 7) is 0.807. The maximum absolute atomic E-state index is 6.10. The molecule has 2 aromatic rings. The van der Waals surface area contributed by atoms with Gasteiger partial charge in [0.25, 0.3) is 0 Å². The van der Waals surface area contributed by atoms with Crippen LogP contribution in [0, 0.1) is 23.7 Å². The second kappa shape index (κ2) is 6.33. The van der Waals surface area contributed by atoms with Gasteiger partial charge in [-0.2, -0.15) is 0 Å². The Morgan fingerprint density at radius 2 is 1.52 bits per heavy atom. The maximum Gasteiger partial charge on any atom is 0.134 e. The van der Waals surface area contributed by atoms with E-state index in [0.29, 0.717) is 16.1 Å². The predicted molar refractivity (Wildman–Crippen MR) is 102 cm³/mol. The van der Waals surface area contributed by atoms with Crippen molar-refractivity contribution in [2.24, 2.45) is 23.7 Å². The van der Waals surface area contributed by atoms with Crippen LogP contribution in [0.3, 0.4) is 0 Å². The normalized spacial score (nSPS) is 33.1. The van der Waals surface area contributed by atoms with E-state index in [1.54, 1.807) is 6.07 Å². The third kappa shape index (κ3) is 3.13. The van der Waals surface area contributed by atoms with Gasteiger partial charge in [-0.05, 0) is 86.1 Å². The average molecular weight is 376 g/mol. The zero-order valence-electron chi connectivity index (χ0n) is 14.2. The molecule has 4 aliphatic rings. The number of furan rings is 1. The Kier molecular flexibility index (Phi) is 4.11. The monoisotopic (exact) mass is 375 g/mol. The number of halogens is 2. The van der Waals surface area contributed by atoms with Crippen LogP contribution in [-0.4, -0.2) is 6.04 Å². The summed E-state index contributed by atoms with van der Waals surface area (Å²) >= 11 is 12.2. The summed E-state index contributed by atoms with van der Waals surface area (Å²) in [6.07, 6.45) is 7.26. The van der Waals surface area contributed by atoms with E-state index in [0.717, 1.165) is 47.3 Å². The zero-order chi connectivity index (χ0) is 17.0. The Bertz CT molecular complexity index is 736. The molecule has 4 fully saturated rings. The fourth-order valence-corrected chi connectivity index (χ4v) is 6.33. The number of rotatable bonds is 4. The number of benzene rings is 1. The molecule has 4 aliphatic carbocycles. The first kappa shape index (κ1) is 16.2. The van der Waals surface area contributed by atoms with E-state index < -0.39 is 0 Å². The molecule has 1 aromatic carbocycles. The Hall–Kier alpha value is -0.960. The molecular formula is C21H23Cl2NO. The van der Waals surface area contributed by atoms with Crippen molar-refractivity contribution in [3.63, 3.8) is 0 Å². The van der Waals surface area contributed by atoms with Gasteiger partial charge in [-0.25, -0.2) is 0 Å². The summed E-state index contributed by atoms with van der Waals surface area (Å²) in [5.74, 6) is 5.62. The predicted octanol–water partition coefficient (Wildman–Crippen LogP) is 6.17. The lowest BCUT2D eigenvalue weighted by Crippen LogP contribution is -2.54. The number of nitrogens with one attached hydrogen (secondary N) is 1. The lowest BCUT2D eigenvalue weighted by molar-refractivity contribution is -0.0147. The van der Waals surface area contributed by atoms with Crippen molar-refractivity contribution in [3.8, 4) is 11.3 Å². The lowest BCUT2D eigenvalue weighted by Gasteiger charge is -2.54. The lowest BCUT2D eigenvalue weighted by atomic mass is 9.54.